The second-order valence-electron chi connectivity index (χ2n) is 5.67. The molecule has 1 saturated carbocycles. The summed E-state index contributed by atoms with van der Waals surface area (Å²) in [7, 11) is 1.61. The van der Waals surface area contributed by atoms with Crippen molar-refractivity contribution in [2.24, 2.45) is 0 Å². The number of anilines is 1. The van der Waals surface area contributed by atoms with Crippen LogP contribution in [0.4, 0.5) is 5.69 Å². The van der Waals surface area contributed by atoms with E-state index in [1.165, 1.54) is 4.90 Å². The Balaban J connectivity index is 1.68. The lowest BCUT2D eigenvalue weighted by Gasteiger charge is -2.22. The van der Waals surface area contributed by atoms with Gasteiger partial charge in [-0.1, -0.05) is 12.8 Å². The predicted molar refractivity (Wildman–Crippen MR) is 79.1 cm³/mol. The van der Waals surface area contributed by atoms with Crippen LogP contribution in [-0.4, -0.2) is 35.9 Å². The van der Waals surface area contributed by atoms with Crippen molar-refractivity contribution >= 4 is 17.5 Å². The second-order valence-corrected chi connectivity index (χ2v) is 5.67. The number of carbonyl (C=O) groups is 2. The highest BCUT2D eigenvalue weighted by atomic mass is 16.5. The molecule has 1 saturated heterocycles. The molecule has 0 aromatic heterocycles. The van der Waals surface area contributed by atoms with Crippen LogP contribution in [0.25, 0.3) is 0 Å². The summed E-state index contributed by atoms with van der Waals surface area (Å²) in [5, 5.41) is 3.16. The molecular weight excluding hydrogens is 268 g/mol. The van der Waals surface area contributed by atoms with E-state index in [2.05, 4.69) is 5.32 Å². The lowest BCUT2D eigenvalue weighted by atomic mass is 10.2. The number of hydrogen-bond donors (Lipinski definition) is 1. The Bertz CT molecular complexity index is 535. The number of imide groups is 1. The van der Waals surface area contributed by atoms with Gasteiger partial charge in [0.25, 0.3) is 5.91 Å². The molecule has 0 bridgehead atoms. The molecule has 0 unspecified atom stereocenters. The Hall–Kier alpha value is -2.04. The lowest BCUT2D eigenvalue weighted by Crippen LogP contribution is -2.40. The number of nitrogens with zero attached hydrogens (tertiary/aromatic N) is 1. The summed E-state index contributed by atoms with van der Waals surface area (Å²) in [4.78, 5) is 26.1. The molecule has 5 nitrogen and oxygen atoms in total. The largest absolute Gasteiger partial charge is 0.497 e. The zero-order chi connectivity index (χ0) is 14.8. The molecule has 5 heteroatoms. The van der Waals surface area contributed by atoms with Crippen LogP contribution in [0.2, 0.25) is 0 Å². The summed E-state index contributed by atoms with van der Waals surface area (Å²) in [6, 6.07) is 7.06. The maximum atomic E-state index is 12.4. The van der Waals surface area contributed by atoms with Crippen molar-refractivity contribution < 1.29 is 14.3 Å². The van der Waals surface area contributed by atoms with Gasteiger partial charge in [0.05, 0.1) is 13.5 Å². The number of likely N-dealkylation sites (tertiary alicyclic amines) is 1. The number of ether oxygens (including phenoxy) is 1. The van der Waals surface area contributed by atoms with Gasteiger partial charge in [0.1, 0.15) is 11.8 Å². The van der Waals surface area contributed by atoms with E-state index >= 15 is 0 Å². The fraction of sp³-hybridized carbons (Fsp3) is 0.500. The summed E-state index contributed by atoms with van der Waals surface area (Å²) in [5.41, 5.74) is 0.829. The van der Waals surface area contributed by atoms with Crippen molar-refractivity contribution in [1.82, 2.24) is 4.90 Å². The van der Waals surface area contributed by atoms with Gasteiger partial charge in [0, 0.05) is 11.7 Å². The molecule has 1 heterocycles. The van der Waals surface area contributed by atoms with E-state index in [-0.39, 0.29) is 24.3 Å². The number of hydrogen-bond acceptors (Lipinski definition) is 4. The highest BCUT2D eigenvalue weighted by Crippen LogP contribution is 2.29. The van der Waals surface area contributed by atoms with E-state index in [1.807, 2.05) is 24.3 Å². The Morgan fingerprint density at radius 1 is 1.14 bits per heavy atom. The summed E-state index contributed by atoms with van der Waals surface area (Å²) >= 11 is 0. The van der Waals surface area contributed by atoms with Gasteiger partial charge in [0.2, 0.25) is 5.91 Å². The Morgan fingerprint density at radius 3 is 2.43 bits per heavy atom. The number of benzene rings is 1. The summed E-state index contributed by atoms with van der Waals surface area (Å²) in [6.45, 7) is 0. The molecule has 21 heavy (non-hydrogen) atoms. The summed E-state index contributed by atoms with van der Waals surface area (Å²) in [5.74, 6) is 0.641. The van der Waals surface area contributed by atoms with Crippen molar-refractivity contribution in [3.05, 3.63) is 24.3 Å². The average Bonchev–Trinajstić information content (AvgIpc) is 3.09. The standard InChI is InChI=1S/C16H20N2O3/c1-21-13-8-6-11(7-9-13)17-14-10-15(19)18(16(14)20)12-4-2-3-5-12/h6-9,12,14,17H,2-5,10H2,1H3/t14-/m1/s1. The van der Waals surface area contributed by atoms with Crippen LogP contribution < -0.4 is 10.1 Å². The monoisotopic (exact) mass is 288 g/mol. The fourth-order valence-electron chi connectivity index (χ4n) is 3.20. The quantitative estimate of drug-likeness (QED) is 0.863. The van der Waals surface area contributed by atoms with E-state index in [1.54, 1.807) is 7.11 Å². The van der Waals surface area contributed by atoms with Gasteiger partial charge in [-0.05, 0) is 37.1 Å². The van der Waals surface area contributed by atoms with Crippen LogP contribution in [-0.2, 0) is 9.59 Å². The van der Waals surface area contributed by atoms with Crippen molar-refractivity contribution in [3.8, 4) is 5.75 Å². The third-order valence-corrected chi connectivity index (χ3v) is 4.30. The van der Waals surface area contributed by atoms with Crippen LogP contribution >= 0.6 is 0 Å². The molecule has 2 fully saturated rings. The van der Waals surface area contributed by atoms with Crippen molar-refractivity contribution in [2.75, 3.05) is 12.4 Å². The first kappa shape index (κ1) is 13.9. The molecule has 0 radical (unpaired) electrons. The minimum Gasteiger partial charge on any atom is -0.497 e. The van der Waals surface area contributed by atoms with Gasteiger partial charge in [-0.2, -0.15) is 0 Å². The topological polar surface area (TPSA) is 58.6 Å². The normalized spacial score (nSPS) is 22.9. The third-order valence-electron chi connectivity index (χ3n) is 4.30. The number of nitrogens with one attached hydrogen (secondary N) is 1. The fourth-order valence-corrected chi connectivity index (χ4v) is 3.20. The van der Waals surface area contributed by atoms with Crippen molar-refractivity contribution in [1.29, 1.82) is 0 Å². The zero-order valence-electron chi connectivity index (χ0n) is 12.2. The summed E-state index contributed by atoms with van der Waals surface area (Å²) < 4.78 is 5.10. The molecule has 2 aliphatic rings. The van der Waals surface area contributed by atoms with E-state index in [0.717, 1.165) is 37.1 Å². The third kappa shape index (κ3) is 2.73. The van der Waals surface area contributed by atoms with Gasteiger partial charge >= 0.3 is 0 Å². The minimum absolute atomic E-state index is 0.0436. The van der Waals surface area contributed by atoms with E-state index in [4.69, 9.17) is 4.74 Å². The molecule has 3 rings (SSSR count). The van der Waals surface area contributed by atoms with Gasteiger partial charge in [-0.15, -0.1) is 0 Å². The Morgan fingerprint density at radius 2 is 1.81 bits per heavy atom. The molecule has 1 N–H and O–H groups in total. The number of amides is 2. The van der Waals surface area contributed by atoms with Gasteiger partial charge in [0.15, 0.2) is 0 Å². The summed E-state index contributed by atoms with van der Waals surface area (Å²) in [6.07, 6.45) is 4.37. The lowest BCUT2D eigenvalue weighted by molar-refractivity contribution is -0.141. The molecule has 1 aliphatic heterocycles. The van der Waals surface area contributed by atoms with Crippen LogP contribution in [0.5, 0.6) is 5.75 Å². The van der Waals surface area contributed by atoms with Crippen LogP contribution in [0, 0.1) is 0 Å². The zero-order valence-corrected chi connectivity index (χ0v) is 12.2. The predicted octanol–water partition coefficient (Wildman–Crippen LogP) is 2.18. The van der Waals surface area contributed by atoms with Gasteiger partial charge in [-0.3, -0.25) is 14.5 Å². The van der Waals surface area contributed by atoms with Crippen LogP contribution in [0.15, 0.2) is 24.3 Å². The Kier molecular flexibility index (Phi) is 3.82. The Labute approximate surface area is 124 Å². The van der Waals surface area contributed by atoms with Gasteiger partial charge in [-0.25, -0.2) is 0 Å². The molecule has 1 aromatic rings. The second kappa shape index (κ2) is 5.76. The number of rotatable bonds is 4. The maximum absolute atomic E-state index is 12.4. The van der Waals surface area contributed by atoms with Crippen molar-refractivity contribution in [3.63, 3.8) is 0 Å². The minimum atomic E-state index is -0.438. The maximum Gasteiger partial charge on any atom is 0.252 e. The number of carbonyl (C=O) groups excluding carboxylic acids is 2. The SMILES string of the molecule is COc1ccc(N[C@@H]2CC(=O)N(C3CCCC3)C2=O)cc1. The molecule has 1 atom stereocenters. The molecule has 1 aliphatic carbocycles. The van der Waals surface area contributed by atoms with E-state index in [9.17, 15) is 9.59 Å². The van der Waals surface area contributed by atoms with Crippen LogP contribution in [0.3, 0.4) is 0 Å². The first-order chi connectivity index (χ1) is 10.2. The molecule has 0 spiro atoms. The average molecular weight is 288 g/mol. The van der Waals surface area contributed by atoms with E-state index in [0.29, 0.717) is 0 Å². The first-order valence-electron chi connectivity index (χ1n) is 7.45. The van der Waals surface area contributed by atoms with Crippen molar-refractivity contribution in [2.45, 2.75) is 44.2 Å². The molecular formula is C16H20N2O3. The van der Waals surface area contributed by atoms with Gasteiger partial charge < -0.3 is 10.1 Å². The van der Waals surface area contributed by atoms with Crippen LogP contribution in [0.1, 0.15) is 32.1 Å². The van der Waals surface area contributed by atoms with E-state index < -0.39 is 6.04 Å². The smallest absolute Gasteiger partial charge is 0.252 e. The first-order valence-corrected chi connectivity index (χ1v) is 7.45. The molecule has 2 amide bonds. The molecule has 1 aromatic carbocycles. The number of methoxy groups -OCH3 is 1. The highest BCUT2D eigenvalue weighted by molar-refractivity contribution is 6.07. The molecule has 112 valence electrons. The highest BCUT2D eigenvalue weighted by Gasteiger charge is 2.42.